The van der Waals surface area contributed by atoms with E-state index >= 15 is 0 Å². The van der Waals surface area contributed by atoms with Crippen LogP contribution in [0.4, 0.5) is 0 Å². The van der Waals surface area contributed by atoms with Crippen molar-refractivity contribution < 1.29 is 0 Å². The van der Waals surface area contributed by atoms with E-state index < -0.39 is 0 Å². The first-order chi connectivity index (χ1) is 12.2. The first-order valence-electron chi connectivity index (χ1n) is 7.78. The van der Waals surface area contributed by atoms with Crippen LogP contribution in [0.5, 0.6) is 0 Å². The molecule has 3 aromatic carbocycles. The molecule has 4 heteroatoms. The van der Waals surface area contributed by atoms with Crippen molar-refractivity contribution in [2.75, 3.05) is 0 Å². The molecule has 0 aliphatic rings. The normalized spacial score (nSPS) is 10.6. The minimum absolute atomic E-state index is 0.611. The smallest absolute Gasteiger partial charge is 0.160 e. The van der Waals surface area contributed by atoms with Gasteiger partial charge in [-0.1, -0.05) is 41.9 Å². The second-order valence-electron chi connectivity index (χ2n) is 5.61. The van der Waals surface area contributed by atoms with Gasteiger partial charge in [0.2, 0.25) is 0 Å². The Hall–Kier alpha value is -3.22. The van der Waals surface area contributed by atoms with Crippen LogP contribution in [0.3, 0.4) is 0 Å². The van der Waals surface area contributed by atoms with Crippen LogP contribution < -0.4 is 0 Å². The van der Waals surface area contributed by atoms with Crippen LogP contribution in [-0.2, 0) is 0 Å². The third-order valence-corrected chi connectivity index (χ3v) is 4.21. The Morgan fingerprint density at radius 1 is 0.800 bits per heavy atom. The van der Waals surface area contributed by atoms with E-state index in [9.17, 15) is 0 Å². The molecule has 0 fully saturated rings. The van der Waals surface area contributed by atoms with Crippen molar-refractivity contribution >= 4 is 22.5 Å². The molecular weight excluding hydrogens is 330 g/mol. The summed E-state index contributed by atoms with van der Waals surface area (Å²) in [7, 11) is 0. The van der Waals surface area contributed by atoms with Crippen molar-refractivity contribution in [2.45, 2.75) is 0 Å². The standard InChI is InChI=1S/C21H12ClN3/c22-17-10-11-19-18(12-17)20(15-4-2-1-3-5-15)25-21(24-19)16-8-6-14(13-23)7-9-16/h1-12H. The van der Waals surface area contributed by atoms with Gasteiger partial charge in [0.15, 0.2) is 5.82 Å². The van der Waals surface area contributed by atoms with Crippen LogP contribution in [0.1, 0.15) is 5.56 Å². The van der Waals surface area contributed by atoms with Crippen LogP contribution in [0.15, 0.2) is 72.8 Å². The largest absolute Gasteiger partial charge is 0.228 e. The molecule has 0 N–H and O–H groups in total. The van der Waals surface area contributed by atoms with E-state index in [0.29, 0.717) is 16.4 Å². The van der Waals surface area contributed by atoms with E-state index in [0.717, 1.165) is 27.7 Å². The van der Waals surface area contributed by atoms with Crippen LogP contribution in [0.25, 0.3) is 33.5 Å². The molecule has 0 bridgehead atoms. The molecule has 3 nitrogen and oxygen atoms in total. The monoisotopic (exact) mass is 341 g/mol. The van der Waals surface area contributed by atoms with Crippen LogP contribution in [0, 0.1) is 11.3 Å². The van der Waals surface area contributed by atoms with E-state index in [4.69, 9.17) is 21.8 Å². The Labute approximate surface area is 150 Å². The summed E-state index contributed by atoms with van der Waals surface area (Å²) in [5, 5.41) is 10.5. The van der Waals surface area contributed by atoms with Crippen molar-refractivity contribution in [2.24, 2.45) is 0 Å². The number of fused-ring (bicyclic) bond motifs is 1. The average Bonchev–Trinajstić information content (AvgIpc) is 2.68. The lowest BCUT2D eigenvalue weighted by Crippen LogP contribution is -1.95. The number of nitriles is 1. The second kappa shape index (κ2) is 6.35. The number of halogens is 1. The van der Waals surface area contributed by atoms with Crippen LogP contribution in [0.2, 0.25) is 5.02 Å². The number of benzene rings is 3. The van der Waals surface area contributed by atoms with Crippen LogP contribution in [-0.4, -0.2) is 9.97 Å². The fraction of sp³-hybridized carbons (Fsp3) is 0. The molecule has 4 rings (SSSR count). The lowest BCUT2D eigenvalue weighted by atomic mass is 10.1. The summed E-state index contributed by atoms with van der Waals surface area (Å²) in [6.07, 6.45) is 0. The maximum atomic E-state index is 8.97. The fourth-order valence-corrected chi connectivity index (χ4v) is 2.91. The highest BCUT2D eigenvalue weighted by Gasteiger charge is 2.11. The number of hydrogen-bond donors (Lipinski definition) is 0. The van der Waals surface area contributed by atoms with Crippen molar-refractivity contribution in [3.8, 4) is 28.7 Å². The van der Waals surface area contributed by atoms with Gasteiger partial charge < -0.3 is 0 Å². The van der Waals surface area contributed by atoms with Crippen LogP contribution >= 0.6 is 11.6 Å². The molecule has 1 heterocycles. The molecule has 0 saturated carbocycles. The maximum Gasteiger partial charge on any atom is 0.160 e. The van der Waals surface area contributed by atoms with E-state index in [2.05, 4.69) is 11.1 Å². The topological polar surface area (TPSA) is 49.6 Å². The highest BCUT2D eigenvalue weighted by atomic mass is 35.5. The predicted octanol–water partition coefficient (Wildman–Crippen LogP) is 5.49. The maximum absolute atomic E-state index is 8.97. The Morgan fingerprint density at radius 3 is 2.28 bits per heavy atom. The Kier molecular flexibility index (Phi) is 3.89. The molecule has 118 valence electrons. The van der Waals surface area contributed by atoms with Crippen molar-refractivity contribution in [1.29, 1.82) is 5.26 Å². The highest BCUT2D eigenvalue weighted by Crippen LogP contribution is 2.30. The number of nitrogens with zero attached hydrogens (tertiary/aromatic N) is 3. The van der Waals surface area contributed by atoms with E-state index in [1.165, 1.54) is 0 Å². The molecule has 4 aromatic rings. The molecule has 0 amide bonds. The molecule has 0 atom stereocenters. The summed E-state index contributed by atoms with van der Waals surface area (Å²) in [6, 6.07) is 25.0. The molecule has 0 radical (unpaired) electrons. The Balaban J connectivity index is 1.98. The third-order valence-electron chi connectivity index (χ3n) is 3.98. The zero-order valence-corrected chi connectivity index (χ0v) is 13.9. The zero-order valence-electron chi connectivity index (χ0n) is 13.1. The van der Waals surface area contributed by atoms with Gasteiger partial charge in [0.25, 0.3) is 0 Å². The van der Waals surface area contributed by atoms with Gasteiger partial charge in [-0.05, 0) is 42.5 Å². The van der Waals surface area contributed by atoms with Gasteiger partial charge in [-0.25, -0.2) is 9.97 Å². The molecule has 0 aliphatic heterocycles. The van der Waals surface area contributed by atoms with Gasteiger partial charge in [-0.15, -0.1) is 0 Å². The molecule has 0 aliphatic carbocycles. The molecule has 0 spiro atoms. The lowest BCUT2D eigenvalue weighted by molar-refractivity contribution is 1.23. The van der Waals surface area contributed by atoms with E-state index in [1.54, 1.807) is 12.1 Å². The molecule has 0 unspecified atom stereocenters. The first kappa shape index (κ1) is 15.3. The molecule has 25 heavy (non-hydrogen) atoms. The van der Waals surface area contributed by atoms with Gasteiger partial charge in [-0.3, -0.25) is 0 Å². The van der Waals surface area contributed by atoms with E-state index in [1.807, 2.05) is 60.7 Å². The first-order valence-corrected chi connectivity index (χ1v) is 8.16. The number of hydrogen-bond acceptors (Lipinski definition) is 3. The van der Waals surface area contributed by atoms with Crippen molar-refractivity contribution in [1.82, 2.24) is 9.97 Å². The minimum Gasteiger partial charge on any atom is -0.228 e. The molecule has 0 saturated heterocycles. The van der Waals surface area contributed by atoms with Gasteiger partial charge in [0.05, 0.1) is 22.8 Å². The fourth-order valence-electron chi connectivity index (χ4n) is 2.74. The second-order valence-corrected chi connectivity index (χ2v) is 6.05. The van der Waals surface area contributed by atoms with Gasteiger partial charge in [0, 0.05) is 21.5 Å². The summed E-state index contributed by atoms with van der Waals surface area (Å²) < 4.78 is 0. The van der Waals surface area contributed by atoms with Crippen molar-refractivity contribution in [3.63, 3.8) is 0 Å². The summed E-state index contributed by atoms with van der Waals surface area (Å²) in [5.41, 5.74) is 4.16. The lowest BCUT2D eigenvalue weighted by Gasteiger charge is -2.09. The quantitative estimate of drug-likeness (QED) is 0.484. The summed E-state index contributed by atoms with van der Waals surface area (Å²) in [6.45, 7) is 0. The Morgan fingerprint density at radius 2 is 1.56 bits per heavy atom. The summed E-state index contributed by atoms with van der Waals surface area (Å²) >= 11 is 6.18. The predicted molar refractivity (Wildman–Crippen MR) is 100 cm³/mol. The van der Waals surface area contributed by atoms with Gasteiger partial charge in [0.1, 0.15) is 0 Å². The summed E-state index contributed by atoms with van der Waals surface area (Å²) in [5.74, 6) is 0.623. The Bertz CT molecular complexity index is 1100. The molecule has 1 aromatic heterocycles. The minimum atomic E-state index is 0.611. The number of aromatic nitrogens is 2. The zero-order chi connectivity index (χ0) is 17.2. The van der Waals surface area contributed by atoms with Gasteiger partial charge >= 0.3 is 0 Å². The summed E-state index contributed by atoms with van der Waals surface area (Å²) in [4.78, 5) is 9.46. The van der Waals surface area contributed by atoms with E-state index in [-0.39, 0.29) is 0 Å². The average molecular weight is 342 g/mol. The van der Waals surface area contributed by atoms with Gasteiger partial charge in [-0.2, -0.15) is 5.26 Å². The highest BCUT2D eigenvalue weighted by molar-refractivity contribution is 6.31. The molecular formula is C21H12ClN3. The van der Waals surface area contributed by atoms with Crippen molar-refractivity contribution in [3.05, 3.63) is 83.4 Å². The third kappa shape index (κ3) is 2.96. The number of rotatable bonds is 2. The SMILES string of the molecule is N#Cc1ccc(-c2nc(-c3ccccc3)c3cc(Cl)ccc3n2)cc1.